The van der Waals surface area contributed by atoms with E-state index in [1.165, 1.54) is 15.9 Å². The highest BCUT2D eigenvalue weighted by Gasteiger charge is 2.16. The second kappa shape index (κ2) is 9.62. The summed E-state index contributed by atoms with van der Waals surface area (Å²) >= 11 is 6.55. The number of hydrogen-bond acceptors (Lipinski definition) is 6. The van der Waals surface area contributed by atoms with Crippen molar-refractivity contribution in [2.24, 2.45) is 4.99 Å². The fraction of sp³-hybridized carbons (Fsp3) is 0.300. The first kappa shape index (κ1) is 20.9. The second-order valence-electron chi connectivity index (χ2n) is 6.57. The van der Waals surface area contributed by atoms with Crippen LogP contribution in [0.3, 0.4) is 0 Å². The van der Waals surface area contributed by atoms with E-state index in [0.717, 1.165) is 23.2 Å². The Morgan fingerprint density at radius 1 is 1.24 bits per heavy atom. The predicted octanol–water partition coefficient (Wildman–Crippen LogP) is 4.00. The Morgan fingerprint density at radius 2 is 2.03 bits per heavy atom. The number of nitrogens with zero attached hydrogens (tertiary/aromatic N) is 2. The molecule has 1 amide bonds. The van der Waals surface area contributed by atoms with Gasteiger partial charge in [-0.1, -0.05) is 24.6 Å². The van der Waals surface area contributed by atoms with Gasteiger partial charge in [0.2, 0.25) is 11.8 Å². The lowest BCUT2D eigenvalue weighted by molar-refractivity contribution is -0.137. The molecule has 0 aliphatic carbocycles. The van der Waals surface area contributed by atoms with Crippen molar-refractivity contribution in [2.45, 2.75) is 32.2 Å². The van der Waals surface area contributed by atoms with Crippen LogP contribution in [0.15, 0.2) is 29.3 Å². The number of hydrogen-bond donors (Lipinski definition) is 3. The van der Waals surface area contributed by atoms with Crippen molar-refractivity contribution < 1.29 is 19.8 Å². The number of fused-ring (bicyclic) bond motifs is 1. The van der Waals surface area contributed by atoms with Gasteiger partial charge in [-0.25, -0.2) is 0 Å². The molecule has 0 fully saturated rings. The smallest absolute Gasteiger partial charge is 0.303 e. The van der Waals surface area contributed by atoms with E-state index < -0.39 is 5.97 Å². The normalized spacial score (nSPS) is 13.6. The molecule has 1 aromatic carbocycles. The molecule has 0 saturated carbocycles. The van der Waals surface area contributed by atoms with Gasteiger partial charge in [0.1, 0.15) is 6.54 Å². The summed E-state index contributed by atoms with van der Waals surface area (Å²) in [4.78, 5) is 27.5. The first-order valence-corrected chi connectivity index (χ1v) is 10.4. The third kappa shape index (κ3) is 5.39. The maximum Gasteiger partial charge on any atom is 0.303 e. The number of benzene rings is 1. The molecule has 3 N–H and O–H groups in total. The third-order valence-corrected chi connectivity index (χ3v) is 5.82. The molecule has 1 aliphatic heterocycles. The summed E-state index contributed by atoms with van der Waals surface area (Å²) in [6.45, 7) is 0.394. The van der Waals surface area contributed by atoms with Gasteiger partial charge in [-0.2, -0.15) is 0 Å². The molecule has 7 nitrogen and oxygen atoms in total. The number of carboxylic acid groups (broad SMARTS) is 1. The molecular weight excluding hydrogens is 410 g/mol. The van der Waals surface area contributed by atoms with Crippen molar-refractivity contribution >= 4 is 59.0 Å². The SMILES string of the molecule is O=C(O)CCCCCNC(=O)Cn1c(O)c(/C=C2/C=Nc3ccccc32)sc1=S. The fourth-order valence-corrected chi connectivity index (χ4v) is 4.21. The summed E-state index contributed by atoms with van der Waals surface area (Å²) in [6.07, 6.45) is 5.73. The van der Waals surface area contributed by atoms with E-state index >= 15 is 0 Å². The average molecular weight is 432 g/mol. The van der Waals surface area contributed by atoms with Gasteiger partial charge in [0, 0.05) is 30.3 Å². The number of unbranched alkanes of at least 4 members (excludes halogenated alkanes) is 2. The van der Waals surface area contributed by atoms with Crippen LogP contribution in [0.5, 0.6) is 5.88 Å². The van der Waals surface area contributed by atoms with Crippen LogP contribution < -0.4 is 5.32 Å². The molecule has 1 aliphatic rings. The van der Waals surface area contributed by atoms with Crippen molar-refractivity contribution in [3.05, 3.63) is 38.7 Å². The van der Waals surface area contributed by atoms with E-state index in [9.17, 15) is 14.7 Å². The zero-order valence-electron chi connectivity index (χ0n) is 15.6. The minimum absolute atomic E-state index is 0.0399. The van der Waals surface area contributed by atoms with Crippen LogP contribution in [0.4, 0.5) is 5.69 Å². The monoisotopic (exact) mass is 431 g/mol. The number of aliphatic carboxylic acids is 1. The van der Waals surface area contributed by atoms with E-state index in [-0.39, 0.29) is 24.8 Å². The van der Waals surface area contributed by atoms with Crippen LogP contribution in [0, 0.1) is 3.95 Å². The summed E-state index contributed by atoms with van der Waals surface area (Å²) in [6, 6.07) is 7.74. The zero-order chi connectivity index (χ0) is 20.8. The molecule has 0 spiro atoms. The molecule has 9 heteroatoms. The van der Waals surface area contributed by atoms with Crippen molar-refractivity contribution in [3.63, 3.8) is 0 Å². The van der Waals surface area contributed by atoms with Crippen molar-refractivity contribution in [2.75, 3.05) is 6.54 Å². The number of amides is 1. The van der Waals surface area contributed by atoms with Gasteiger partial charge in [0.25, 0.3) is 0 Å². The van der Waals surface area contributed by atoms with Crippen LogP contribution in [-0.2, 0) is 16.1 Å². The molecule has 2 heterocycles. The van der Waals surface area contributed by atoms with Crippen LogP contribution in [0.25, 0.3) is 11.6 Å². The van der Waals surface area contributed by atoms with Crippen molar-refractivity contribution in [1.29, 1.82) is 0 Å². The summed E-state index contributed by atoms with van der Waals surface area (Å²) in [7, 11) is 0. The standard InChI is InChI=1S/C20H21N3O4S2/c24-17(21-9-5-1-2-8-18(25)26)12-23-19(27)16(29-20(23)28)10-13-11-22-15-7-4-3-6-14(13)15/h3-4,6-7,10-11,27H,1-2,5,8-9,12H2,(H,21,24)(H,25,26)/b13-10-. The molecule has 2 aromatic rings. The Bertz CT molecular complexity index is 1040. The number of aromatic hydroxyl groups is 1. The molecule has 0 atom stereocenters. The number of carboxylic acids is 1. The van der Waals surface area contributed by atoms with Gasteiger partial charge in [-0.05, 0) is 37.2 Å². The lowest BCUT2D eigenvalue weighted by atomic mass is 10.1. The average Bonchev–Trinajstić information content (AvgIpc) is 3.21. The molecule has 1 aromatic heterocycles. The van der Waals surface area contributed by atoms with E-state index in [4.69, 9.17) is 17.3 Å². The molecule has 0 bridgehead atoms. The summed E-state index contributed by atoms with van der Waals surface area (Å²) < 4.78 is 1.82. The Kier molecular flexibility index (Phi) is 6.95. The van der Waals surface area contributed by atoms with E-state index in [2.05, 4.69) is 10.3 Å². The number of aliphatic imine (C=N–C) groups is 1. The van der Waals surface area contributed by atoms with Gasteiger partial charge in [0.05, 0.1) is 10.6 Å². The Hall–Kier alpha value is -2.78. The molecule has 0 radical (unpaired) electrons. The highest BCUT2D eigenvalue weighted by atomic mass is 32.1. The minimum atomic E-state index is -0.811. The number of para-hydroxylation sites is 1. The predicted molar refractivity (Wildman–Crippen MR) is 116 cm³/mol. The van der Waals surface area contributed by atoms with Crippen LogP contribution in [-0.4, -0.2) is 39.4 Å². The van der Waals surface area contributed by atoms with Gasteiger partial charge >= 0.3 is 5.97 Å². The molecule has 3 rings (SSSR count). The molecule has 152 valence electrons. The first-order chi connectivity index (χ1) is 14.0. The number of rotatable bonds is 9. The maximum absolute atomic E-state index is 12.2. The number of carbonyl (C=O) groups excluding carboxylic acids is 1. The number of allylic oxidation sites excluding steroid dienone is 1. The van der Waals surface area contributed by atoms with Gasteiger partial charge in [0.15, 0.2) is 3.95 Å². The highest BCUT2D eigenvalue weighted by Crippen LogP contribution is 2.35. The highest BCUT2D eigenvalue weighted by molar-refractivity contribution is 7.73. The van der Waals surface area contributed by atoms with Crippen LogP contribution >= 0.6 is 23.6 Å². The quantitative estimate of drug-likeness (QED) is 0.411. The lowest BCUT2D eigenvalue weighted by Crippen LogP contribution is -2.28. The Balaban J connectivity index is 1.60. The van der Waals surface area contributed by atoms with Gasteiger partial charge < -0.3 is 15.5 Å². The van der Waals surface area contributed by atoms with Crippen molar-refractivity contribution in [1.82, 2.24) is 9.88 Å². The molecular formula is C20H21N3O4S2. The van der Waals surface area contributed by atoms with E-state index in [1.54, 1.807) is 6.21 Å². The number of carbonyl (C=O) groups is 2. The number of nitrogens with one attached hydrogen (secondary N) is 1. The summed E-state index contributed by atoms with van der Waals surface area (Å²) in [5, 5.41) is 21.9. The first-order valence-electron chi connectivity index (χ1n) is 9.22. The summed E-state index contributed by atoms with van der Waals surface area (Å²) in [5.41, 5.74) is 2.74. The van der Waals surface area contributed by atoms with Crippen LogP contribution in [0.1, 0.15) is 36.1 Å². The topological polar surface area (TPSA) is 104 Å². The van der Waals surface area contributed by atoms with Crippen molar-refractivity contribution in [3.8, 4) is 5.88 Å². The minimum Gasteiger partial charge on any atom is -0.493 e. The van der Waals surface area contributed by atoms with Gasteiger partial charge in [-0.15, -0.1) is 11.3 Å². The van der Waals surface area contributed by atoms with E-state index in [1.807, 2.05) is 30.3 Å². The fourth-order valence-electron chi connectivity index (χ4n) is 2.95. The zero-order valence-corrected chi connectivity index (χ0v) is 17.3. The summed E-state index contributed by atoms with van der Waals surface area (Å²) in [5.74, 6) is -1.10. The maximum atomic E-state index is 12.2. The number of aromatic nitrogens is 1. The lowest BCUT2D eigenvalue weighted by Gasteiger charge is -2.07. The second-order valence-corrected chi connectivity index (χ2v) is 8.25. The van der Waals surface area contributed by atoms with E-state index in [0.29, 0.717) is 28.2 Å². The number of thiazole rings is 1. The Labute approximate surface area is 177 Å². The molecule has 0 saturated heterocycles. The Morgan fingerprint density at radius 3 is 2.83 bits per heavy atom. The van der Waals surface area contributed by atoms with Crippen LogP contribution in [0.2, 0.25) is 0 Å². The largest absolute Gasteiger partial charge is 0.493 e. The van der Waals surface area contributed by atoms with Gasteiger partial charge in [-0.3, -0.25) is 19.1 Å². The molecule has 0 unspecified atom stereocenters. The third-order valence-electron chi connectivity index (χ3n) is 4.43. The molecule has 29 heavy (non-hydrogen) atoms.